The SMILES string of the molecule is CS(=O)(=O)CCC1CCC(N(CCC#N)C2Sc3cncc(F)c3N2C(N)=O)CC1. The number of carbonyl (C=O) groups is 1. The summed E-state index contributed by atoms with van der Waals surface area (Å²) in [5.41, 5.74) is 5.20. The maximum Gasteiger partial charge on any atom is 0.321 e. The molecule has 0 bridgehead atoms. The zero-order valence-electron chi connectivity index (χ0n) is 16.8. The molecule has 1 fully saturated rings. The minimum atomic E-state index is -2.98. The average molecular weight is 456 g/mol. The van der Waals surface area contributed by atoms with Crippen LogP contribution in [0.15, 0.2) is 17.3 Å². The molecule has 1 unspecified atom stereocenters. The number of halogens is 1. The van der Waals surface area contributed by atoms with Gasteiger partial charge in [0.05, 0.1) is 22.9 Å². The van der Waals surface area contributed by atoms with Crippen molar-refractivity contribution in [3.05, 3.63) is 18.2 Å². The summed E-state index contributed by atoms with van der Waals surface area (Å²) in [5.74, 6) is -0.0714. The Labute approximate surface area is 180 Å². The normalized spacial score (nSPS) is 23.9. The molecule has 2 N–H and O–H groups in total. The lowest BCUT2D eigenvalue weighted by atomic mass is 9.84. The van der Waals surface area contributed by atoms with Crippen LogP contribution in [0.5, 0.6) is 0 Å². The molecule has 0 saturated heterocycles. The Morgan fingerprint density at radius 1 is 1.40 bits per heavy atom. The molecule has 164 valence electrons. The summed E-state index contributed by atoms with van der Waals surface area (Å²) in [4.78, 5) is 20.0. The lowest BCUT2D eigenvalue weighted by Gasteiger charge is -2.41. The summed E-state index contributed by atoms with van der Waals surface area (Å²) < 4.78 is 37.3. The molecule has 1 atom stereocenters. The first-order valence-electron chi connectivity index (χ1n) is 9.90. The molecule has 1 aromatic heterocycles. The van der Waals surface area contributed by atoms with Crippen LogP contribution in [0.25, 0.3) is 0 Å². The van der Waals surface area contributed by atoms with Crippen molar-refractivity contribution in [3.63, 3.8) is 0 Å². The summed E-state index contributed by atoms with van der Waals surface area (Å²) in [7, 11) is -2.98. The van der Waals surface area contributed by atoms with Gasteiger partial charge in [-0.3, -0.25) is 14.8 Å². The van der Waals surface area contributed by atoms with Gasteiger partial charge in [0.15, 0.2) is 5.82 Å². The molecular weight excluding hydrogens is 429 g/mol. The highest BCUT2D eigenvalue weighted by atomic mass is 32.2. The molecule has 8 nitrogen and oxygen atoms in total. The summed E-state index contributed by atoms with van der Waals surface area (Å²) in [5, 5.41) is 9.12. The zero-order valence-corrected chi connectivity index (χ0v) is 18.5. The first-order chi connectivity index (χ1) is 14.2. The van der Waals surface area contributed by atoms with E-state index >= 15 is 0 Å². The van der Waals surface area contributed by atoms with Gasteiger partial charge in [0.25, 0.3) is 0 Å². The van der Waals surface area contributed by atoms with Crippen molar-refractivity contribution in [1.82, 2.24) is 9.88 Å². The third-order valence-electron chi connectivity index (χ3n) is 5.72. The fourth-order valence-electron chi connectivity index (χ4n) is 4.24. The number of sulfone groups is 1. The molecule has 2 aliphatic rings. The van der Waals surface area contributed by atoms with Crippen molar-refractivity contribution in [2.75, 3.05) is 23.5 Å². The second kappa shape index (κ2) is 9.49. The number of hydrogen-bond acceptors (Lipinski definition) is 7. The molecular formula is C19H26FN5O3S2. The van der Waals surface area contributed by atoms with Gasteiger partial charge in [0.2, 0.25) is 0 Å². The number of nitrogens with zero attached hydrogens (tertiary/aromatic N) is 4. The Bertz CT molecular complexity index is 929. The predicted molar refractivity (Wildman–Crippen MR) is 113 cm³/mol. The van der Waals surface area contributed by atoms with E-state index in [1.54, 1.807) is 0 Å². The summed E-state index contributed by atoms with van der Waals surface area (Å²) in [6, 6.07) is 1.49. The van der Waals surface area contributed by atoms with Crippen molar-refractivity contribution in [2.24, 2.45) is 11.7 Å². The molecule has 1 aromatic rings. The van der Waals surface area contributed by atoms with Crippen LogP contribution in [0.4, 0.5) is 14.9 Å². The number of urea groups is 1. The third kappa shape index (κ3) is 5.22. The number of nitriles is 1. The van der Waals surface area contributed by atoms with E-state index in [4.69, 9.17) is 11.0 Å². The Balaban J connectivity index is 1.76. The van der Waals surface area contributed by atoms with Gasteiger partial charge in [-0.2, -0.15) is 5.26 Å². The minimum absolute atomic E-state index is 0.0949. The molecule has 0 spiro atoms. The maximum absolute atomic E-state index is 14.4. The van der Waals surface area contributed by atoms with Crippen LogP contribution >= 0.6 is 11.8 Å². The van der Waals surface area contributed by atoms with Crippen LogP contribution in [0.3, 0.4) is 0 Å². The first kappa shape index (κ1) is 22.8. The van der Waals surface area contributed by atoms with Crippen molar-refractivity contribution in [1.29, 1.82) is 5.26 Å². The molecule has 1 saturated carbocycles. The highest BCUT2D eigenvalue weighted by Gasteiger charge is 2.42. The van der Waals surface area contributed by atoms with E-state index in [-0.39, 0.29) is 23.9 Å². The zero-order chi connectivity index (χ0) is 21.9. The summed E-state index contributed by atoms with van der Waals surface area (Å²) in [6.45, 7) is 0.430. The Hall–Kier alpha value is -1.90. The summed E-state index contributed by atoms with van der Waals surface area (Å²) in [6.07, 6.45) is 8.14. The molecule has 1 aliphatic heterocycles. The second-order valence-electron chi connectivity index (χ2n) is 7.86. The molecule has 1 aliphatic carbocycles. The number of amides is 2. The van der Waals surface area contributed by atoms with Crippen molar-refractivity contribution in [2.45, 2.75) is 55.0 Å². The number of primary amides is 1. The smallest absolute Gasteiger partial charge is 0.321 e. The van der Waals surface area contributed by atoms with Crippen LogP contribution in [-0.4, -0.2) is 54.4 Å². The van der Waals surface area contributed by atoms with Crippen LogP contribution in [-0.2, 0) is 9.84 Å². The topological polar surface area (TPSA) is 120 Å². The fourth-order valence-corrected chi connectivity index (χ4v) is 6.39. The lowest BCUT2D eigenvalue weighted by Crippen LogP contribution is -2.54. The molecule has 3 rings (SSSR count). The van der Waals surface area contributed by atoms with Crippen LogP contribution < -0.4 is 10.6 Å². The molecule has 0 radical (unpaired) electrons. The number of fused-ring (bicyclic) bond motifs is 1. The van der Waals surface area contributed by atoms with Gasteiger partial charge in [0, 0.05) is 31.5 Å². The Morgan fingerprint density at radius 2 is 2.10 bits per heavy atom. The van der Waals surface area contributed by atoms with Gasteiger partial charge in [-0.25, -0.2) is 17.6 Å². The third-order valence-corrected chi connectivity index (χ3v) is 7.94. The lowest BCUT2D eigenvalue weighted by molar-refractivity contribution is 0.127. The van der Waals surface area contributed by atoms with E-state index in [1.807, 2.05) is 0 Å². The van der Waals surface area contributed by atoms with E-state index in [0.29, 0.717) is 23.8 Å². The number of pyridine rings is 1. The second-order valence-corrected chi connectivity index (χ2v) is 11.2. The van der Waals surface area contributed by atoms with Gasteiger partial charge in [0.1, 0.15) is 21.0 Å². The molecule has 30 heavy (non-hydrogen) atoms. The van der Waals surface area contributed by atoms with Gasteiger partial charge < -0.3 is 5.73 Å². The number of rotatable bonds is 7. The van der Waals surface area contributed by atoms with Gasteiger partial charge in [-0.15, -0.1) is 0 Å². The van der Waals surface area contributed by atoms with Crippen molar-refractivity contribution in [3.8, 4) is 6.07 Å². The predicted octanol–water partition coefficient (Wildman–Crippen LogP) is 2.70. The van der Waals surface area contributed by atoms with E-state index in [0.717, 1.165) is 31.9 Å². The number of nitrogens with two attached hydrogens (primary N) is 1. The minimum Gasteiger partial charge on any atom is -0.351 e. The quantitative estimate of drug-likeness (QED) is 0.671. The molecule has 2 heterocycles. The molecule has 11 heteroatoms. The van der Waals surface area contributed by atoms with E-state index in [2.05, 4.69) is 16.0 Å². The average Bonchev–Trinajstić information content (AvgIpc) is 3.08. The van der Waals surface area contributed by atoms with Crippen molar-refractivity contribution >= 4 is 33.3 Å². The van der Waals surface area contributed by atoms with Crippen LogP contribution in [0.2, 0.25) is 0 Å². The Kier molecular flexibility index (Phi) is 7.21. The summed E-state index contributed by atoms with van der Waals surface area (Å²) >= 11 is 1.31. The highest BCUT2D eigenvalue weighted by Crippen LogP contribution is 2.47. The van der Waals surface area contributed by atoms with Gasteiger partial charge in [-0.05, 0) is 38.0 Å². The van der Waals surface area contributed by atoms with E-state index in [9.17, 15) is 17.6 Å². The fraction of sp³-hybridized carbons (Fsp3) is 0.632. The molecule has 2 amide bonds. The van der Waals surface area contributed by atoms with Crippen LogP contribution in [0, 0.1) is 23.1 Å². The number of aromatic nitrogens is 1. The van der Waals surface area contributed by atoms with Gasteiger partial charge >= 0.3 is 6.03 Å². The Morgan fingerprint density at radius 3 is 2.70 bits per heavy atom. The highest BCUT2D eigenvalue weighted by molar-refractivity contribution is 8.00. The van der Waals surface area contributed by atoms with E-state index in [1.165, 1.54) is 29.1 Å². The standard InChI is InChI=1S/C19H26FN5O3S2/c1-30(27,28)10-7-13-3-5-14(6-4-13)24(9-2-8-21)19-25(18(22)26)17-15(20)11-23-12-16(17)29-19/h11-14,19H,2-7,9-10H2,1H3,(H2,22,26). The largest absolute Gasteiger partial charge is 0.351 e. The number of thioether (sulfide) groups is 1. The molecule has 0 aromatic carbocycles. The van der Waals surface area contributed by atoms with E-state index < -0.39 is 27.2 Å². The number of anilines is 1. The number of hydrogen-bond donors (Lipinski definition) is 1. The maximum atomic E-state index is 14.4. The monoisotopic (exact) mass is 455 g/mol. The number of carbonyl (C=O) groups excluding carboxylic acids is 1. The van der Waals surface area contributed by atoms with Gasteiger partial charge in [-0.1, -0.05) is 11.8 Å². The van der Waals surface area contributed by atoms with Crippen LogP contribution in [0.1, 0.15) is 38.5 Å². The first-order valence-corrected chi connectivity index (χ1v) is 12.8. The van der Waals surface area contributed by atoms with Crippen molar-refractivity contribution < 1.29 is 17.6 Å².